The Kier molecular flexibility index (Phi) is 5.37. The van der Waals surface area contributed by atoms with E-state index in [4.69, 9.17) is 10.4 Å². The molecule has 0 saturated heterocycles. The molecule has 0 aliphatic rings. The third-order valence-corrected chi connectivity index (χ3v) is 3.03. The predicted octanol–water partition coefficient (Wildman–Crippen LogP) is 2.91. The average molecular weight is 260 g/mol. The van der Waals surface area contributed by atoms with Gasteiger partial charge in [0.15, 0.2) is 0 Å². The van der Waals surface area contributed by atoms with Gasteiger partial charge in [-0.25, -0.2) is 0 Å². The molecule has 0 aliphatic carbocycles. The number of hydrogen-bond donors (Lipinski definition) is 1. The van der Waals surface area contributed by atoms with Gasteiger partial charge in [-0.15, -0.1) is 0 Å². The van der Waals surface area contributed by atoms with Gasteiger partial charge in [0.25, 0.3) is 0 Å². The molecule has 0 aromatic heterocycles. The Hall–Kier alpha value is -2.02. The Morgan fingerprint density at radius 3 is 2.47 bits per heavy atom. The Morgan fingerprint density at radius 2 is 1.95 bits per heavy atom. The second-order valence-electron chi connectivity index (χ2n) is 5.21. The summed E-state index contributed by atoms with van der Waals surface area (Å²) >= 11 is 0. The highest BCUT2D eigenvalue weighted by Crippen LogP contribution is 2.22. The summed E-state index contributed by atoms with van der Waals surface area (Å²) in [6.07, 6.45) is 0.805. The van der Waals surface area contributed by atoms with Crippen LogP contribution < -0.4 is 4.90 Å². The first kappa shape index (κ1) is 15.0. The molecule has 1 aromatic rings. The van der Waals surface area contributed by atoms with Gasteiger partial charge >= 0.3 is 5.97 Å². The van der Waals surface area contributed by atoms with E-state index in [0.717, 1.165) is 5.69 Å². The molecule has 0 atom stereocenters. The van der Waals surface area contributed by atoms with E-state index in [9.17, 15) is 4.79 Å². The topological polar surface area (TPSA) is 64.3 Å². The zero-order valence-electron chi connectivity index (χ0n) is 11.5. The first-order valence-electron chi connectivity index (χ1n) is 6.38. The summed E-state index contributed by atoms with van der Waals surface area (Å²) in [4.78, 5) is 12.7. The highest BCUT2D eigenvalue weighted by atomic mass is 16.4. The highest BCUT2D eigenvalue weighted by molar-refractivity contribution is 5.67. The second-order valence-corrected chi connectivity index (χ2v) is 5.21. The van der Waals surface area contributed by atoms with Crippen molar-refractivity contribution in [2.24, 2.45) is 5.41 Å². The maximum atomic E-state index is 10.7. The number of hydrogen-bond acceptors (Lipinski definition) is 3. The second kappa shape index (κ2) is 6.79. The molecule has 4 heteroatoms. The minimum Gasteiger partial charge on any atom is -0.481 e. The third kappa shape index (κ3) is 5.43. The highest BCUT2D eigenvalue weighted by Gasteiger charge is 2.18. The number of anilines is 1. The molecule has 0 bridgehead atoms. The van der Waals surface area contributed by atoms with Crippen LogP contribution in [0.15, 0.2) is 30.3 Å². The van der Waals surface area contributed by atoms with Crippen molar-refractivity contribution in [3.05, 3.63) is 30.3 Å². The maximum Gasteiger partial charge on any atom is 0.305 e. The Balaban J connectivity index is 2.71. The number of nitrogens with zero attached hydrogens (tertiary/aromatic N) is 2. The number of carboxylic acids is 1. The molecular formula is C15H20N2O2. The normalized spacial score (nSPS) is 10.8. The summed E-state index contributed by atoms with van der Waals surface area (Å²) in [5.74, 6) is -0.805. The Morgan fingerprint density at radius 1 is 1.32 bits per heavy atom. The summed E-state index contributed by atoms with van der Waals surface area (Å²) in [7, 11) is 0. The van der Waals surface area contributed by atoms with Crippen LogP contribution in [0.5, 0.6) is 0 Å². The van der Waals surface area contributed by atoms with Crippen LogP contribution >= 0.6 is 0 Å². The predicted molar refractivity (Wildman–Crippen MR) is 74.9 cm³/mol. The molecule has 1 aromatic carbocycles. The van der Waals surface area contributed by atoms with E-state index < -0.39 is 11.4 Å². The van der Waals surface area contributed by atoms with Crippen molar-refractivity contribution in [2.45, 2.75) is 26.7 Å². The van der Waals surface area contributed by atoms with Gasteiger partial charge in [-0.2, -0.15) is 5.26 Å². The molecule has 0 radical (unpaired) electrons. The summed E-state index contributed by atoms with van der Waals surface area (Å²) < 4.78 is 0. The SMILES string of the molecule is CC(C)(C#N)CCN(CCC(=O)O)c1ccccc1. The zero-order chi connectivity index (χ0) is 14.3. The Labute approximate surface area is 114 Å². The van der Waals surface area contributed by atoms with Gasteiger partial charge in [-0.1, -0.05) is 18.2 Å². The first-order valence-corrected chi connectivity index (χ1v) is 6.38. The molecule has 0 fully saturated rings. The first-order chi connectivity index (χ1) is 8.94. The van der Waals surface area contributed by atoms with Gasteiger partial charge < -0.3 is 10.0 Å². The quantitative estimate of drug-likeness (QED) is 0.818. The van der Waals surface area contributed by atoms with Crippen molar-refractivity contribution in [2.75, 3.05) is 18.0 Å². The maximum absolute atomic E-state index is 10.7. The molecule has 0 spiro atoms. The fourth-order valence-corrected chi connectivity index (χ4v) is 1.71. The molecule has 0 saturated carbocycles. The molecule has 0 aliphatic heterocycles. The van der Waals surface area contributed by atoms with Gasteiger partial charge in [0.05, 0.1) is 17.9 Å². The van der Waals surface area contributed by atoms with Crippen LogP contribution in [-0.4, -0.2) is 24.2 Å². The number of nitriles is 1. The van der Waals surface area contributed by atoms with E-state index in [2.05, 4.69) is 6.07 Å². The minimum absolute atomic E-state index is 0.0991. The summed E-state index contributed by atoms with van der Waals surface area (Å²) in [5, 5.41) is 17.8. The monoisotopic (exact) mass is 260 g/mol. The van der Waals surface area contributed by atoms with E-state index in [-0.39, 0.29) is 6.42 Å². The molecule has 1 rings (SSSR count). The van der Waals surface area contributed by atoms with Crippen molar-refractivity contribution in [3.63, 3.8) is 0 Å². The molecular weight excluding hydrogens is 240 g/mol. The number of para-hydroxylation sites is 1. The average Bonchev–Trinajstić information content (AvgIpc) is 2.39. The molecule has 0 amide bonds. The summed E-state index contributed by atoms with van der Waals surface area (Å²) in [5.41, 5.74) is 0.605. The van der Waals surface area contributed by atoms with Gasteiger partial charge in [-0.3, -0.25) is 4.79 Å². The lowest BCUT2D eigenvalue weighted by molar-refractivity contribution is -0.136. The standard InChI is InChI=1S/C15H20N2O2/c1-15(2,12-16)9-11-17(10-8-14(18)19)13-6-4-3-5-7-13/h3-7H,8-11H2,1-2H3,(H,18,19). The lowest BCUT2D eigenvalue weighted by Crippen LogP contribution is -2.30. The molecule has 1 N–H and O–H groups in total. The Bertz CT molecular complexity index is 449. The fraction of sp³-hybridized carbons (Fsp3) is 0.467. The van der Waals surface area contributed by atoms with Crippen molar-refractivity contribution < 1.29 is 9.90 Å². The van der Waals surface area contributed by atoms with Crippen LogP contribution in [0.1, 0.15) is 26.7 Å². The summed E-state index contributed by atoms with van der Waals surface area (Å²) in [6.45, 7) is 4.93. The van der Waals surface area contributed by atoms with Crippen LogP contribution in [0.3, 0.4) is 0 Å². The van der Waals surface area contributed by atoms with E-state index in [1.165, 1.54) is 0 Å². The van der Waals surface area contributed by atoms with Crippen molar-refractivity contribution >= 4 is 11.7 Å². The van der Waals surface area contributed by atoms with E-state index in [0.29, 0.717) is 19.5 Å². The van der Waals surface area contributed by atoms with Crippen LogP contribution in [-0.2, 0) is 4.79 Å². The molecule has 0 heterocycles. The lowest BCUT2D eigenvalue weighted by Gasteiger charge is -2.27. The third-order valence-electron chi connectivity index (χ3n) is 3.03. The van der Waals surface area contributed by atoms with Gasteiger partial charge in [-0.05, 0) is 32.4 Å². The molecule has 19 heavy (non-hydrogen) atoms. The number of benzene rings is 1. The van der Waals surface area contributed by atoms with E-state index >= 15 is 0 Å². The van der Waals surface area contributed by atoms with Crippen molar-refractivity contribution in [3.8, 4) is 6.07 Å². The van der Waals surface area contributed by atoms with Gasteiger partial charge in [0.2, 0.25) is 0 Å². The largest absolute Gasteiger partial charge is 0.481 e. The van der Waals surface area contributed by atoms with Crippen molar-refractivity contribution in [1.29, 1.82) is 5.26 Å². The zero-order valence-corrected chi connectivity index (χ0v) is 11.5. The van der Waals surface area contributed by atoms with Crippen LogP contribution in [0.25, 0.3) is 0 Å². The van der Waals surface area contributed by atoms with E-state index in [1.54, 1.807) is 0 Å². The molecule has 102 valence electrons. The number of aliphatic carboxylic acids is 1. The smallest absolute Gasteiger partial charge is 0.305 e. The molecule has 0 unspecified atom stereocenters. The number of carboxylic acid groups (broad SMARTS) is 1. The van der Waals surface area contributed by atoms with Crippen LogP contribution in [0, 0.1) is 16.7 Å². The summed E-state index contributed by atoms with van der Waals surface area (Å²) in [6, 6.07) is 12.0. The van der Waals surface area contributed by atoms with E-state index in [1.807, 2.05) is 49.1 Å². The van der Waals surface area contributed by atoms with Crippen LogP contribution in [0.4, 0.5) is 5.69 Å². The lowest BCUT2D eigenvalue weighted by atomic mass is 9.91. The van der Waals surface area contributed by atoms with Crippen LogP contribution in [0.2, 0.25) is 0 Å². The fourth-order valence-electron chi connectivity index (χ4n) is 1.71. The van der Waals surface area contributed by atoms with Gasteiger partial charge in [0.1, 0.15) is 0 Å². The molecule has 4 nitrogen and oxygen atoms in total. The number of carbonyl (C=O) groups is 1. The van der Waals surface area contributed by atoms with Gasteiger partial charge in [0, 0.05) is 18.8 Å². The van der Waals surface area contributed by atoms with Crippen molar-refractivity contribution in [1.82, 2.24) is 0 Å². The minimum atomic E-state index is -0.805. The number of rotatable bonds is 7.